The van der Waals surface area contributed by atoms with E-state index in [1.54, 1.807) is 7.11 Å². The summed E-state index contributed by atoms with van der Waals surface area (Å²) in [5, 5.41) is 9.56. The van der Waals surface area contributed by atoms with Crippen molar-refractivity contribution in [1.29, 1.82) is 5.26 Å². The van der Waals surface area contributed by atoms with E-state index < -0.39 is 0 Å². The van der Waals surface area contributed by atoms with Gasteiger partial charge in [0.2, 0.25) is 0 Å². The number of aromatic nitrogens is 2. The van der Waals surface area contributed by atoms with E-state index in [0.717, 1.165) is 28.2 Å². The molecule has 1 heterocycles. The highest BCUT2D eigenvalue weighted by Gasteiger charge is 2.18. The zero-order chi connectivity index (χ0) is 15.5. The molecule has 0 aliphatic rings. The van der Waals surface area contributed by atoms with Crippen LogP contribution in [0.3, 0.4) is 0 Å². The summed E-state index contributed by atoms with van der Waals surface area (Å²) in [6.07, 6.45) is 0.637. The van der Waals surface area contributed by atoms with Crippen LogP contribution in [0.25, 0.3) is 11.0 Å². The summed E-state index contributed by atoms with van der Waals surface area (Å²) in [5.74, 6) is 1.35. The number of aryl methyl sites for hydroxylation is 1. The second-order valence-electron chi connectivity index (χ2n) is 5.25. The fourth-order valence-electron chi connectivity index (χ4n) is 2.67. The minimum absolute atomic E-state index is 0.272. The van der Waals surface area contributed by atoms with Gasteiger partial charge in [0.1, 0.15) is 17.5 Å². The zero-order valence-electron chi connectivity index (χ0n) is 12.7. The zero-order valence-corrected chi connectivity index (χ0v) is 12.7. The van der Waals surface area contributed by atoms with Gasteiger partial charge in [0, 0.05) is 7.05 Å². The summed E-state index contributed by atoms with van der Waals surface area (Å²) in [4.78, 5) is 4.63. The van der Waals surface area contributed by atoms with Gasteiger partial charge in [0.25, 0.3) is 0 Å². The largest absolute Gasteiger partial charge is 0.497 e. The molecule has 0 amide bonds. The van der Waals surface area contributed by atoms with Gasteiger partial charge in [0.05, 0.1) is 24.2 Å². The molecule has 0 aliphatic carbocycles. The third kappa shape index (κ3) is 2.53. The van der Waals surface area contributed by atoms with E-state index in [9.17, 15) is 5.26 Å². The van der Waals surface area contributed by atoms with Crippen LogP contribution in [-0.4, -0.2) is 16.7 Å². The van der Waals surface area contributed by atoms with Crippen molar-refractivity contribution in [2.45, 2.75) is 12.3 Å². The Hall–Kier alpha value is -2.80. The van der Waals surface area contributed by atoms with Gasteiger partial charge in [-0.15, -0.1) is 0 Å². The number of fused-ring (bicyclic) bond motifs is 1. The summed E-state index contributed by atoms with van der Waals surface area (Å²) in [5.41, 5.74) is 3.07. The van der Waals surface area contributed by atoms with E-state index in [1.165, 1.54) is 0 Å². The Labute approximate surface area is 129 Å². The fourth-order valence-corrected chi connectivity index (χ4v) is 2.67. The number of hydrogen-bond acceptors (Lipinski definition) is 3. The molecule has 4 nitrogen and oxygen atoms in total. The van der Waals surface area contributed by atoms with Gasteiger partial charge in [-0.2, -0.15) is 5.26 Å². The quantitative estimate of drug-likeness (QED) is 0.740. The third-order valence-electron chi connectivity index (χ3n) is 3.89. The Kier molecular flexibility index (Phi) is 3.80. The van der Waals surface area contributed by atoms with Crippen molar-refractivity contribution in [2.24, 2.45) is 7.05 Å². The van der Waals surface area contributed by atoms with Crippen LogP contribution in [0.1, 0.15) is 17.3 Å². The summed E-state index contributed by atoms with van der Waals surface area (Å²) < 4.78 is 7.17. The predicted molar refractivity (Wildman–Crippen MR) is 85.8 cm³/mol. The topological polar surface area (TPSA) is 50.8 Å². The summed E-state index contributed by atoms with van der Waals surface area (Å²) in [6, 6.07) is 18.1. The van der Waals surface area contributed by atoms with E-state index in [1.807, 2.05) is 60.1 Å². The summed E-state index contributed by atoms with van der Waals surface area (Å²) in [7, 11) is 3.61. The second kappa shape index (κ2) is 5.90. The highest BCUT2D eigenvalue weighted by atomic mass is 16.5. The molecule has 0 fully saturated rings. The summed E-state index contributed by atoms with van der Waals surface area (Å²) in [6.45, 7) is 0. The molecule has 22 heavy (non-hydrogen) atoms. The van der Waals surface area contributed by atoms with E-state index in [0.29, 0.717) is 6.42 Å². The van der Waals surface area contributed by atoms with Gasteiger partial charge in [-0.1, -0.05) is 24.3 Å². The highest BCUT2D eigenvalue weighted by Crippen LogP contribution is 2.24. The van der Waals surface area contributed by atoms with Crippen molar-refractivity contribution in [3.63, 3.8) is 0 Å². The number of para-hydroxylation sites is 2. The number of ether oxygens (including phenoxy) is 1. The Morgan fingerprint density at radius 1 is 1.18 bits per heavy atom. The molecule has 3 aromatic rings. The molecule has 2 aromatic carbocycles. The lowest BCUT2D eigenvalue weighted by Crippen LogP contribution is -2.07. The molecular formula is C18H17N3O. The number of imidazole rings is 1. The van der Waals surface area contributed by atoms with Crippen LogP contribution in [0.5, 0.6) is 5.75 Å². The molecule has 0 N–H and O–H groups in total. The molecule has 1 atom stereocenters. The van der Waals surface area contributed by atoms with E-state index in [-0.39, 0.29) is 5.92 Å². The first kappa shape index (κ1) is 14.2. The Balaban J connectivity index is 1.92. The van der Waals surface area contributed by atoms with Gasteiger partial charge < -0.3 is 9.30 Å². The number of nitriles is 1. The molecule has 4 heteroatoms. The van der Waals surface area contributed by atoms with Crippen LogP contribution < -0.4 is 4.74 Å². The number of nitrogens with zero attached hydrogens (tertiary/aromatic N) is 3. The molecule has 0 saturated heterocycles. The maximum absolute atomic E-state index is 9.56. The van der Waals surface area contributed by atoms with Crippen LogP contribution in [-0.2, 0) is 13.5 Å². The highest BCUT2D eigenvalue weighted by molar-refractivity contribution is 5.76. The lowest BCUT2D eigenvalue weighted by Gasteiger charge is -2.10. The number of methoxy groups -OCH3 is 1. The first-order valence-electron chi connectivity index (χ1n) is 7.17. The molecule has 0 aliphatic heterocycles. The Bertz CT molecular complexity index is 828. The molecule has 0 radical (unpaired) electrons. The summed E-state index contributed by atoms with van der Waals surface area (Å²) >= 11 is 0. The van der Waals surface area contributed by atoms with Crippen LogP contribution in [0.2, 0.25) is 0 Å². The number of hydrogen-bond donors (Lipinski definition) is 0. The van der Waals surface area contributed by atoms with Crippen molar-refractivity contribution in [3.8, 4) is 11.8 Å². The SMILES string of the molecule is COc1ccc(CC(C#N)c2nc3ccccc3n2C)cc1. The second-order valence-corrected chi connectivity index (χ2v) is 5.25. The van der Waals surface area contributed by atoms with Gasteiger partial charge in [0.15, 0.2) is 0 Å². The van der Waals surface area contributed by atoms with Gasteiger partial charge in [-0.05, 0) is 36.2 Å². The van der Waals surface area contributed by atoms with E-state index in [4.69, 9.17) is 4.74 Å². The predicted octanol–water partition coefficient (Wildman–Crippen LogP) is 3.43. The average molecular weight is 291 g/mol. The molecule has 1 unspecified atom stereocenters. The Morgan fingerprint density at radius 2 is 1.91 bits per heavy atom. The Morgan fingerprint density at radius 3 is 2.55 bits per heavy atom. The standard InChI is InChI=1S/C18H17N3O/c1-21-17-6-4-3-5-16(17)20-18(21)14(12-19)11-13-7-9-15(22-2)10-8-13/h3-10,14H,11H2,1-2H3. The third-order valence-corrected chi connectivity index (χ3v) is 3.89. The van der Waals surface area contributed by atoms with Crippen LogP contribution >= 0.6 is 0 Å². The normalized spacial score (nSPS) is 12.0. The van der Waals surface area contributed by atoms with Crippen LogP contribution in [0, 0.1) is 11.3 Å². The molecule has 1 aromatic heterocycles. The maximum Gasteiger partial charge on any atom is 0.127 e. The van der Waals surface area contributed by atoms with Gasteiger partial charge in [-0.3, -0.25) is 0 Å². The number of rotatable bonds is 4. The first-order valence-corrected chi connectivity index (χ1v) is 7.17. The van der Waals surface area contributed by atoms with Gasteiger partial charge >= 0.3 is 0 Å². The van der Waals surface area contributed by atoms with Gasteiger partial charge in [-0.25, -0.2) is 4.98 Å². The molecule has 0 bridgehead atoms. The van der Waals surface area contributed by atoms with E-state index >= 15 is 0 Å². The number of benzene rings is 2. The van der Waals surface area contributed by atoms with Crippen LogP contribution in [0.15, 0.2) is 48.5 Å². The lowest BCUT2D eigenvalue weighted by molar-refractivity contribution is 0.414. The van der Waals surface area contributed by atoms with Crippen molar-refractivity contribution in [1.82, 2.24) is 9.55 Å². The van der Waals surface area contributed by atoms with Crippen LogP contribution in [0.4, 0.5) is 0 Å². The minimum Gasteiger partial charge on any atom is -0.497 e. The van der Waals surface area contributed by atoms with E-state index in [2.05, 4.69) is 11.1 Å². The lowest BCUT2D eigenvalue weighted by atomic mass is 10.00. The van der Waals surface area contributed by atoms with Crippen molar-refractivity contribution >= 4 is 11.0 Å². The first-order chi connectivity index (χ1) is 10.7. The molecule has 0 spiro atoms. The van der Waals surface area contributed by atoms with Crippen molar-refractivity contribution in [2.75, 3.05) is 7.11 Å². The maximum atomic E-state index is 9.56. The van der Waals surface area contributed by atoms with Crippen molar-refractivity contribution in [3.05, 3.63) is 59.9 Å². The average Bonchev–Trinajstić information content (AvgIpc) is 2.90. The monoisotopic (exact) mass is 291 g/mol. The molecule has 3 rings (SSSR count). The molecule has 0 saturated carbocycles. The fraction of sp³-hybridized carbons (Fsp3) is 0.222. The smallest absolute Gasteiger partial charge is 0.127 e. The molecule has 110 valence electrons. The minimum atomic E-state index is -0.272. The molecular weight excluding hydrogens is 274 g/mol. The van der Waals surface area contributed by atoms with Crippen molar-refractivity contribution < 1.29 is 4.74 Å².